The Morgan fingerprint density at radius 2 is 2.19 bits per heavy atom. The van der Waals surface area contributed by atoms with E-state index in [0.717, 1.165) is 29.9 Å². The number of rotatable bonds is 4. The average Bonchev–Trinajstić information content (AvgIpc) is 2.35. The maximum absolute atomic E-state index is 5.66. The molecule has 3 N–H and O–H groups in total. The summed E-state index contributed by atoms with van der Waals surface area (Å²) in [5.41, 5.74) is 3.92. The van der Waals surface area contributed by atoms with Crippen molar-refractivity contribution in [3.8, 4) is 11.5 Å². The van der Waals surface area contributed by atoms with Crippen molar-refractivity contribution in [3.63, 3.8) is 0 Å². The number of benzene rings is 1. The van der Waals surface area contributed by atoms with Gasteiger partial charge in [0.2, 0.25) is 0 Å². The van der Waals surface area contributed by atoms with Crippen LogP contribution >= 0.6 is 0 Å². The Kier molecular flexibility index (Phi) is 3.64. The third-order valence-electron chi connectivity index (χ3n) is 2.75. The van der Waals surface area contributed by atoms with Gasteiger partial charge >= 0.3 is 0 Å². The molecule has 1 aromatic rings. The number of hydrazine groups is 1. The lowest BCUT2D eigenvalue weighted by atomic mass is 10.0. The van der Waals surface area contributed by atoms with E-state index in [-0.39, 0.29) is 6.04 Å². The summed E-state index contributed by atoms with van der Waals surface area (Å²) in [6.45, 7) is 3.36. The van der Waals surface area contributed by atoms with E-state index in [1.54, 1.807) is 0 Å². The summed E-state index contributed by atoms with van der Waals surface area (Å²) in [5, 5.41) is 0. The maximum atomic E-state index is 5.66. The Bertz CT molecular complexity index is 355. The summed E-state index contributed by atoms with van der Waals surface area (Å²) in [6, 6.07) is 6.07. The summed E-state index contributed by atoms with van der Waals surface area (Å²) in [5.74, 6) is 7.24. The van der Waals surface area contributed by atoms with E-state index in [9.17, 15) is 0 Å². The lowest BCUT2D eigenvalue weighted by Crippen LogP contribution is -2.29. The first-order chi connectivity index (χ1) is 7.86. The van der Waals surface area contributed by atoms with E-state index in [1.165, 1.54) is 0 Å². The number of nitrogens with two attached hydrogens (primary N) is 1. The first-order valence-electron chi connectivity index (χ1n) is 5.71. The van der Waals surface area contributed by atoms with Crippen molar-refractivity contribution in [1.29, 1.82) is 0 Å². The standard InChI is InChI=1S/C12H18N2O2/c1-2-4-10(14-13)9-5-3-6-11-12(9)16-8-7-15-11/h3,5-6,10,14H,2,4,7-8,13H2,1H3. The van der Waals surface area contributed by atoms with Crippen molar-refractivity contribution in [2.24, 2.45) is 5.84 Å². The smallest absolute Gasteiger partial charge is 0.166 e. The van der Waals surface area contributed by atoms with Crippen molar-refractivity contribution in [1.82, 2.24) is 5.43 Å². The highest BCUT2D eigenvalue weighted by molar-refractivity contribution is 5.48. The summed E-state index contributed by atoms with van der Waals surface area (Å²) < 4.78 is 11.2. The zero-order valence-corrected chi connectivity index (χ0v) is 9.53. The molecule has 1 aliphatic rings. The second-order valence-corrected chi connectivity index (χ2v) is 3.88. The van der Waals surface area contributed by atoms with Gasteiger partial charge in [0, 0.05) is 11.6 Å². The monoisotopic (exact) mass is 222 g/mol. The van der Waals surface area contributed by atoms with Crippen molar-refractivity contribution >= 4 is 0 Å². The predicted octanol–water partition coefficient (Wildman–Crippen LogP) is 1.76. The van der Waals surface area contributed by atoms with Gasteiger partial charge in [-0.3, -0.25) is 11.3 Å². The van der Waals surface area contributed by atoms with Gasteiger partial charge in [0.15, 0.2) is 11.5 Å². The van der Waals surface area contributed by atoms with Crippen LogP contribution in [-0.2, 0) is 0 Å². The molecule has 0 fully saturated rings. The maximum Gasteiger partial charge on any atom is 0.166 e. The first kappa shape index (κ1) is 11.2. The highest BCUT2D eigenvalue weighted by atomic mass is 16.6. The molecule has 1 unspecified atom stereocenters. The normalized spacial score (nSPS) is 15.9. The van der Waals surface area contributed by atoms with Gasteiger partial charge in [-0.1, -0.05) is 25.5 Å². The van der Waals surface area contributed by atoms with E-state index in [0.29, 0.717) is 13.2 Å². The van der Waals surface area contributed by atoms with Gasteiger partial charge in [-0.15, -0.1) is 0 Å². The average molecular weight is 222 g/mol. The zero-order chi connectivity index (χ0) is 11.4. The van der Waals surface area contributed by atoms with Crippen molar-refractivity contribution in [3.05, 3.63) is 23.8 Å². The van der Waals surface area contributed by atoms with E-state index in [2.05, 4.69) is 12.3 Å². The molecule has 1 heterocycles. The fourth-order valence-corrected chi connectivity index (χ4v) is 1.99. The van der Waals surface area contributed by atoms with Gasteiger partial charge < -0.3 is 9.47 Å². The molecule has 0 saturated heterocycles. The van der Waals surface area contributed by atoms with Crippen molar-refractivity contribution in [2.45, 2.75) is 25.8 Å². The van der Waals surface area contributed by atoms with Crippen LogP contribution < -0.4 is 20.7 Å². The fourth-order valence-electron chi connectivity index (χ4n) is 1.99. The van der Waals surface area contributed by atoms with Crippen LogP contribution in [-0.4, -0.2) is 13.2 Å². The Labute approximate surface area is 95.7 Å². The second kappa shape index (κ2) is 5.18. The minimum atomic E-state index is 0.127. The first-order valence-corrected chi connectivity index (χ1v) is 5.71. The largest absolute Gasteiger partial charge is 0.486 e. The Morgan fingerprint density at radius 1 is 1.38 bits per heavy atom. The van der Waals surface area contributed by atoms with E-state index in [1.807, 2.05) is 18.2 Å². The molecule has 0 bridgehead atoms. The number of hydrogen-bond acceptors (Lipinski definition) is 4. The van der Waals surface area contributed by atoms with Crippen LogP contribution in [0.25, 0.3) is 0 Å². The van der Waals surface area contributed by atoms with Crippen LogP contribution in [0.4, 0.5) is 0 Å². The van der Waals surface area contributed by atoms with Gasteiger partial charge in [0.05, 0.1) is 0 Å². The summed E-state index contributed by atoms with van der Waals surface area (Å²) >= 11 is 0. The molecule has 0 aromatic heterocycles. The quantitative estimate of drug-likeness (QED) is 0.602. The molecular formula is C12H18N2O2. The van der Waals surface area contributed by atoms with E-state index in [4.69, 9.17) is 15.3 Å². The Morgan fingerprint density at radius 3 is 2.94 bits per heavy atom. The Hall–Kier alpha value is -1.26. The molecule has 1 aliphatic heterocycles. The SMILES string of the molecule is CCCC(NN)c1cccc2c1OCCO2. The van der Waals surface area contributed by atoms with E-state index < -0.39 is 0 Å². The number of nitrogens with one attached hydrogen (secondary N) is 1. The van der Waals surface area contributed by atoms with Gasteiger partial charge in [-0.25, -0.2) is 0 Å². The summed E-state index contributed by atoms with van der Waals surface area (Å²) in [6.07, 6.45) is 2.05. The molecule has 0 aliphatic carbocycles. The molecule has 4 heteroatoms. The van der Waals surface area contributed by atoms with Crippen molar-refractivity contribution in [2.75, 3.05) is 13.2 Å². The number of hydrogen-bond donors (Lipinski definition) is 2. The minimum absolute atomic E-state index is 0.127. The Balaban J connectivity index is 2.31. The molecule has 0 spiro atoms. The molecule has 2 rings (SSSR count). The molecule has 1 aromatic carbocycles. The zero-order valence-electron chi connectivity index (χ0n) is 9.53. The highest BCUT2D eigenvalue weighted by Gasteiger charge is 2.20. The second-order valence-electron chi connectivity index (χ2n) is 3.88. The van der Waals surface area contributed by atoms with E-state index >= 15 is 0 Å². The third kappa shape index (κ3) is 2.13. The third-order valence-corrected chi connectivity index (χ3v) is 2.75. The fraction of sp³-hybridized carbons (Fsp3) is 0.500. The highest BCUT2D eigenvalue weighted by Crippen LogP contribution is 2.37. The summed E-state index contributed by atoms with van der Waals surface area (Å²) in [7, 11) is 0. The number of para-hydroxylation sites is 1. The van der Waals surface area contributed by atoms with Gasteiger partial charge in [-0.05, 0) is 12.5 Å². The van der Waals surface area contributed by atoms with Crippen LogP contribution in [0.3, 0.4) is 0 Å². The van der Waals surface area contributed by atoms with Crippen LogP contribution in [0.15, 0.2) is 18.2 Å². The molecule has 88 valence electrons. The van der Waals surface area contributed by atoms with Gasteiger partial charge in [0.25, 0.3) is 0 Å². The molecule has 0 radical (unpaired) electrons. The topological polar surface area (TPSA) is 56.5 Å². The van der Waals surface area contributed by atoms with Gasteiger partial charge in [-0.2, -0.15) is 0 Å². The summed E-state index contributed by atoms with van der Waals surface area (Å²) in [4.78, 5) is 0. The molecule has 0 saturated carbocycles. The molecular weight excluding hydrogens is 204 g/mol. The van der Waals surface area contributed by atoms with Crippen molar-refractivity contribution < 1.29 is 9.47 Å². The molecule has 1 atom stereocenters. The van der Waals surface area contributed by atoms with Crippen LogP contribution in [0.5, 0.6) is 11.5 Å². The van der Waals surface area contributed by atoms with Crippen LogP contribution in [0, 0.1) is 0 Å². The molecule has 0 amide bonds. The number of fused-ring (bicyclic) bond motifs is 1. The lowest BCUT2D eigenvalue weighted by Gasteiger charge is -2.24. The lowest BCUT2D eigenvalue weighted by molar-refractivity contribution is 0.168. The molecule has 4 nitrogen and oxygen atoms in total. The minimum Gasteiger partial charge on any atom is -0.486 e. The number of ether oxygens (including phenoxy) is 2. The molecule has 16 heavy (non-hydrogen) atoms. The van der Waals surface area contributed by atoms with Gasteiger partial charge in [0.1, 0.15) is 13.2 Å². The van der Waals surface area contributed by atoms with Crippen LogP contribution in [0.1, 0.15) is 31.4 Å². The predicted molar refractivity (Wildman–Crippen MR) is 62.4 cm³/mol. The van der Waals surface area contributed by atoms with Crippen LogP contribution in [0.2, 0.25) is 0 Å².